The maximum Gasteiger partial charge on any atom is -0.0190 e. The van der Waals surface area contributed by atoms with E-state index < -0.39 is 0 Å². The molecule has 0 aliphatic rings. The molecule has 0 radical (unpaired) electrons. The number of unbranched alkanes of at least 4 members (excludes halogenated alkanes) is 2. The van der Waals surface area contributed by atoms with Crippen LogP contribution in [0.25, 0.3) is 0 Å². The highest BCUT2D eigenvalue weighted by Crippen LogP contribution is 2.21. The predicted octanol–water partition coefficient (Wildman–Crippen LogP) is 4.93. The summed E-state index contributed by atoms with van der Waals surface area (Å²) in [6.45, 7) is 4.41. The highest BCUT2D eigenvalue weighted by atomic mass is 14.1. The van der Waals surface area contributed by atoms with Gasteiger partial charge in [0.1, 0.15) is 0 Å². The molecule has 0 nitrogen and oxygen atoms in total. The van der Waals surface area contributed by atoms with Crippen LogP contribution in [0, 0.1) is 0 Å². The SMILES string of the molecule is C/C=C/CCCCC(C)c1ccccc1. The first kappa shape index (κ1) is 12.0. The van der Waals surface area contributed by atoms with Crippen molar-refractivity contribution in [3.8, 4) is 0 Å². The van der Waals surface area contributed by atoms with E-state index in [1.807, 2.05) is 0 Å². The highest BCUT2D eigenvalue weighted by Gasteiger charge is 2.03. The largest absolute Gasteiger partial charge is 0.0917 e. The topological polar surface area (TPSA) is 0 Å². The molecule has 1 aromatic rings. The minimum atomic E-state index is 0.705. The van der Waals surface area contributed by atoms with Crippen LogP contribution in [0.15, 0.2) is 42.5 Å². The summed E-state index contributed by atoms with van der Waals surface area (Å²) in [5.74, 6) is 0.705. The van der Waals surface area contributed by atoms with Gasteiger partial charge in [0.15, 0.2) is 0 Å². The lowest BCUT2D eigenvalue weighted by molar-refractivity contribution is 0.608. The van der Waals surface area contributed by atoms with Crippen LogP contribution in [0.5, 0.6) is 0 Å². The first-order valence-electron chi connectivity index (χ1n) is 6.00. The van der Waals surface area contributed by atoms with Crippen LogP contribution in [0.1, 0.15) is 51.0 Å². The van der Waals surface area contributed by atoms with Crippen LogP contribution in [0.4, 0.5) is 0 Å². The molecule has 0 amide bonds. The average molecular weight is 202 g/mol. The predicted molar refractivity (Wildman–Crippen MR) is 68.1 cm³/mol. The van der Waals surface area contributed by atoms with Crippen molar-refractivity contribution in [2.24, 2.45) is 0 Å². The van der Waals surface area contributed by atoms with E-state index in [-0.39, 0.29) is 0 Å². The van der Waals surface area contributed by atoms with Gasteiger partial charge in [-0.1, -0.05) is 55.8 Å². The van der Waals surface area contributed by atoms with Gasteiger partial charge >= 0.3 is 0 Å². The minimum Gasteiger partial charge on any atom is -0.0917 e. The van der Waals surface area contributed by atoms with Crippen LogP contribution in [0.3, 0.4) is 0 Å². The summed E-state index contributed by atoms with van der Waals surface area (Å²) in [7, 11) is 0. The summed E-state index contributed by atoms with van der Waals surface area (Å²) in [4.78, 5) is 0. The molecule has 1 aromatic carbocycles. The maximum absolute atomic E-state index is 2.32. The van der Waals surface area contributed by atoms with E-state index in [2.05, 4.69) is 56.3 Å². The fourth-order valence-corrected chi connectivity index (χ4v) is 1.83. The fraction of sp³-hybridized carbons (Fsp3) is 0.467. The Balaban J connectivity index is 2.22. The smallest absolute Gasteiger partial charge is 0.0190 e. The summed E-state index contributed by atoms with van der Waals surface area (Å²) in [6.07, 6.45) is 9.59. The molecule has 0 saturated heterocycles. The van der Waals surface area contributed by atoms with Crippen LogP contribution in [-0.2, 0) is 0 Å². The van der Waals surface area contributed by atoms with Gasteiger partial charge in [-0.3, -0.25) is 0 Å². The molecule has 0 aliphatic heterocycles. The van der Waals surface area contributed by atoms with Crippen LogP contribution in [0.2, 0.25) is 0 Å². The second kappa shape index (κ2) is 7.28. The zero-order chi connectivity index (χ0) is 10.9. The van der Waals surface area contributed by atoms with Crippen molar-refractivity contribution in [3.63, 3.8) is 0 Å². The van der Waals surface area contributed by atoms with Gasteiger partial charge in [0, 0.05) is 0 Å². The van der Waals surface area contributed by atoms with E-state index >= 15 is 0 Å². The lowest BCUT2D eigenvalue weighted by atomic mass is 9.95. The van der Waals surface area contributed by atoms with E-state index in [0.29, 0.717) is 5.92 Å². The van der Waals surface area contributed by atoms with Crippen molar-refractivity contribution in [2.45, 2.75) is 45.4 Å². The molecule has 15 heavy (non-hydrogen) atoms. The van der Waals surface area contributed by atoms with E-state index in [1.54, 1.807) is 0 Å². The molecule has 0 N–H and O–H groups in total. The Bertz CT molecular complexity index is 271. The number of hydrogen-bond donors (Lipinski definition) is 0. The summed E-state index contributed by atoms with van der Waals surface area (Å²) in [6, 6.07) is 10.8. The Morgan fingerprint density at radius 1 is 1.13 bits per heavy atom. The molecular weight excluding hydrogens is 180 g/mol. The summed E-state index contributed by atoms with van der Waals surface area (Å²) >= 11 is 0. The van der Waals surface area contributed by atoms with Gasteiger partial charge in [0.2, 0.25) is 0 Å². The number of rotatable bonds is 6. The molecule has 1 atom stereocenters. The molecule has 0 spiro atoms. The van der Waals surface area contributed by atoms with Crippen LogP contribution in [-0.4, -0.2) is 0 Å². The third-order valence-electron chi connectivity index (χ3n) is 2.86. The first-order chi connectivity index (χ1) is 7.34. The molecular formula is C15H22. The molecule has 0 aromatic heterocycles. The molecule has 0 bridgehead atoms. The number of benzene rings is 1. The quantitative estimate of drug-likeness (QED) is 0.453. The van der Waals surface area contributed by atoms with Gasteiger partial charge in [0.05, 0.1) is 0 Å². The second-order valence-electron chi connectivity index (χ2n) is 4.17. The van der Waals surface area contributed by atoms with E-state index in [4.69, 9.17) is 0 Å². The van der Waals surface area contributed by atoms with Crippen LogP contribution < -0.4 is 0 Å². The van der Waals surface area contributed by atoms with Gasteiger partial charge in [-0.15, -0.1) is 0 Å². The van der Waals surface area contributed by atoms with E-state index in [0.717, 1.165) is 0 Å². The monoisotopic (exact) mass is 202 g/mol. The highest BCUT2D eigenvalue weighted by molar-refractivity contribution is 5.18. The maximum atomic E-state index is 2.32. The Hall–Kier alpha value is -1.04. The fourth-order valence-electron chi connectivity index (χ4n) is 1.83. The summed E-state index contributed by atoms with van der Waals surface area (Å²) < 4.78 is 0. The Kier molecular flexibility index (Phi) is 5.84. The Morgan fingerprint density at radius 3 is 2.53 bits per heavy atom. The second-order valence-corrected chi connectivity index (χ2v) is 4.17. The molecule has 0 saturated carbocycles. The Morgan fingerprint density at radius 2 is 1.87 bits per heavy atom. The van der Waals surface area contributed by atoms with Crippen molar-refractivity contribution in [1.29, 1.82) is 0 Å². The Labute approximate surface area is 94.0 Å². The van der Waals surface area contributed by atoms with Crippen molar-refractivity contribution in [1.82, 2.24) is 0 Å². The van der Waals surface area contributed by atoms with E-state index in [1.165, 1.54) is 31.2 Å². The number of hydrogen-bond acceptors (Lipinski definition) is 0. The molecule has 0 heterocycles. The average Bonchev–Trinajstić information content (AvgIpc) is 2.30. The third kappa shape index (κ3) is 4.83. The molecule has 0 fully saturated rings. The summed E-state index contributed by atoms with van der Waals surface area (Å²) in [5.41, 5.74) is 1.48. The van der Waals surface area contributed by atoms with Gasteiger partial charge in [-0.05, 0) is 37.7 Å². The molecule has 1 unspecified atom stereocenters. The lowest BCUT2D eigenvalue weighted by Crippen LogP contribution is -1.92. The minimum absolute atomic E-state index is 0.705. The standard InChI is InChI=1S/C15H22/c1-3-4-5-6-8-11-14(2)15-12-9-7-10-13-15/h3-4,7,9-10,12-14H,5-6,8,11H2,1-2H3/b4-3+. The molecule has 1 rings (SSSR count). The molecule has 0 aliphatic carbocycles. The van der Waals surface area contributed by atoms with Gasteiger partial charge in [0.25, 0.3) is 0 Å². The van der Waals surface area contributed by atoms with Crippen LogP contribution >= 0.6 is 0 Å². The zero-order valence-corrected chi connectivity index (χ0v) is 9.95. The van der Waals surface area contributed by atoms with Gasteiger partial charge < -0.3 is 0 Å². The van der Waals surface area contributed by atoms with Crippen molar-refractivity contribution in [3.05, 3.63) is 48.0 Å². The van der Waals surface area contributed by atoms with Crippen molar-refractivity contribution < 1.29 is 0 Å². The normalized spacial score (nSPS) is 13.2. The third-order valence-corrected chi connectivity index (χ3v) is 2.86. The van der Waals surface area contributed by atoms with Gasteiger partial charge in [-0.25, -0.2) is 0 Å². The number of allylic oxidation sites excluding steroid dienone is 2. The zero-order valence-electron chi connectivity index (χ0n) is 9.95. The summed E-state index contributed by atoms with van der Waals surface area (Å²) in [5, 5.41) is 0. The lowest BCUT2D eigenvalue weighted by Gasteiger charge is -2.10. The molecule has 82 valence electrons. The van der Waals surface area contributed by atoms with Crippen molar-refractivity contribution >= 4 is 0 Å². The molecule has 0 heteroatoms. The van der Waals surface area contributed by atoms with Gasteiger partial charge in [-0.2, -0.15) is 0 Å². The van der Waals surface area contributed by atoms with E-state index in [9.17, 15) is 0 Å². The van der Waals surface area contributed by atoms with Crippen molar-refractivity contribution in [2.75, 3.05) is 0 Å². The first-order valence-corrected chi connectivity index (χ1v) is 6.00.